The normalized spacial score (nSPS) is 36.7. The number of hydrogen-bond acceptors (Lipinski definition) is 2. The van der Waals surface area contributed by atoms with Gasteiger partial charge in [-0.2, -0.15) is 0 Å². The van der Waals surface area contributed by atoms with Crippen LogP contribution in [-0.2, 0) is 0 Å². The molecule has 9 heavy (non-hydrogen) atoms. The molecule has 2 atom stereocenters. The lowest BCUT2D eigenvalue weighted by molar-refractivity contribution is 0.316. The van der Waals surface area contributed by atoms with Crippen molar-refractivity contribution in [2.75, 3.05) is 13.1 Å². The maximum absolute atomic E-state index is 5.83. The highest BCUT2D eigenvalue weighted by molar-refractivity contribution is 4.79. The van der Waals surface area contributed by atoms with Crippen LogP contribution >= 0.6 is 0 Å². The third-order valence-corrected chi connectivity index (χ3v) is 2.20. The second kappa shape index (κ2) is 3.18. The predicted molar refractivity (Wildman–Crippen MR) is 39.2 cm³/mol. The van der Waals surface area contributed by atoms with Crippen molar-refractivity contribution < 1.29 is 0 Å². The van der Waals surface area contributed by atoms with Crippen LogP contribution < -0.4 is 11.1 Å². The summed E-state index contributed by atoms with van der Waals surface area (Å²) in [5, 5.41) is 3.27. The van der Waals surface area contributed by atoms with Gasteiger partial charge in [0.15, 0.2) is 0 Å². The Labute approximate surface area is 56.8 Å². The molecule has 2 heteroatoms. The molecule has 0 aromatic carbocycles. The van der Waals surface area contributed by atoms with E-state index in [2.05, 4.69) is 12.2 Å². The van der Waals surface area contributed by atoms with E-state index >= 15 is 0 Å². The lowest BCUT2D eigenvalue weighted by Crippen LogP contribution is -2.45. The van der Waals surface area contributed by atoms with Crippen molar-refractivity contribution in [2.45, 2.75) is 25.8 Å². The summed E-state index contributed by atoms with van der Waals surface area (Å²) in [6, 6.07) is 0.406. The van der Waals surface area contributed by atoms with Crippen molar-refractivity contribution >= 4 is 0 Å². The SMILES string of the molecule is CC[C@H]1CCNC[C@H]1N. The van der Waals surface area contributed by atoms with Crippen molar-refractivity contribution in [1.82, 2.24) is 5.32 Å². The summed E-state index contributed by atoms with van der Waals surface area (Å²) < 4.78 is 0. The first-order valence-corrected chi connectivity index (χ1v) is 3.81. The molecule has 1 rings (SSSR count). The Bertz CT molecular complexity index is 83.0. The standard InChI is InChI=1S/C7H16N2/c1-2-6-3-4-9-5-7(6)8/h6-7,9H,2-5,8H2,1H3/t6-,7+/m0/s1. The van der Waals surface area contributed by atoms with Crippen LogP contribution in [0.5, 0.6) is 0 Å². The fourth-order valence-corrected chi connectivity index (χ4v) is 1.44. The van der Waals surface area contributed by atoms with E-state index < -0.39 is 0 Å². The largest absolute Gasteiger partial charge is 0.326 e. The third-order valence-electron chi connectivity index (χ3n) is 2.20. The van der Waals surface area contributed by atoms with Crippen molar-refractivity contribution in [1.29, 1.82) is 0 Å². The van der Waals surface area contributed by atoms with E-state index in [0.29, 0.717) is 6.04 Å². The van der Waals surface area contributed by atoms with Crippen LogP contribution in [-0.4, -0.2) is 19.1 Å². The number of nitrogens with one attached hydrogen (secondary N) is 1. The molecule has 0 spiro atoms. The minimum absolute atomic E-state index is 0.406. The molecule has 0 bridgehead atoms. The van der Waals surface area contributed by atoms with Crippen molar-refractivity contribution in [3.8, 4) is 0 Å². The first-order valence-electron chi connectivity index (χ1n) is 3.81. The maximum Gasteiger partial charge on any atom is 0.0194 e. The van der Waals surface area contributed by atoms with Gasteiger partial charge in [0.1, 0.15) is 0 Å². The average molecular weight is 128 g/mol. The van der Waals surface area contributed by atoms with Crippen LogP contribution in [0, 0.1) is 5.92 Å². The van der Waals surface area contributed by atoms with Crippen molar-refractivity contribution in [3.63, 3.8) is 0 Å². The lowest BCUT2D eigenvalue weighted by atomic mass is 9.91. The van der Waals surface area contributed by atoms with E-state index in [1.165, 1.54) is 12.8 Å². The van der Waals surface area contributed by atoms with Crippen LogP contribution in [0.2, 0.25) is 0 Å². The molecule has 0 aromatic heterocycles. The van der Waals surface area contributed by atoms with Gasteiger partial charge in [-0.15, -0.1) is 0 Å². The quantitative estimate of drug-likeness (QED) is 0.534. The topological polar surface area (TPSA) is 38.0 Å². The van der Waals surface area contributed by atoms with Gasteiger partial charge in [0.2, 0.25) is 0 Å². The van der Waals surface area contributed by atoms with Gasteiger partial charge in [-0.05, 0) is 18.9 Å². The summed E-state index contributed by atoms with van der Waals surface area (Å²) in [6.07, 6.45) is 2.50. The summed E-state index contributed by atoms with van der Waals surface area (Å²) in [6.45, 7) is 4.39. The zero-order valence-electron chi connectivity index (χ0n) is 6.06. The van der Waals surface area contributed by atoms with Crippen LogP contribution in [0.1, 0.15) is 19.8 Å². The van der Waals surface area contributed by atoms with Crippen LogP contribution in [0.25, 0.3) is 0 Å². The molecule has 0 unspecified atom stereocenters. The van der Waals surface area contributed by atoms with Gasteiger partial charge >= 0.3 is 0 Å². The van der Waals surface area contributed by atoms with E-state index in [1.807, 2.05) is 0 Å². The predicted octanol–water partition coefficient (Wildman–Crippen LogP) is 0.333. The first kappa shape index (κ1) is 7.03. The highest BCUT2D eigenvalue weighted by Gasteiger charge is 2.18. The smallest absolute Gasteiger partial charge is 0.0194 e. The monoisotopic (exact) mass is 128 g/mol. The highest BCUT2D eigenvalue weighted by Crippen LogP contribution is 2.13. The molecule has 0 aromatic rings. The minimum atomic E-state index is 0.406. The molecule has 0 amide bonds. The Morgan fingerprint density at radius 1 is 1.67 bits per heavy atom. The molecule has 1 aliphatic rings. The third kappa shape index (κ3) is 1.66. The van der Waals surface area contributed by atoms with Gasteiger partial charge in [-0.1, -0.05) is 13.3 Å². The van der Waals surface area contributed by atoms with E-state index in [9.17, 15) is 0 Å². The number of rotatable bonds is 1. The Morgan fingerprint density at radius 3 is 2.89 bits per heavy atom. The number of piperidine rings is 1. The molecule has 1 aliphatic heterocycles. The Balaban J connectivity index is 2.30. The maximum atomic E-state index is 5.83. The van der Waals surface area contributed by atoms with Gasteiger partial charge in [-0.3, -0.25) is 0 Å². The number of nitrogens with two attached hydrogens (primary N) is 1. The fraction of sp³-hybridized carbons (Fsp3) is 1.00. The van der Waals surface area contributed by atoms with Gasteiger partial charge in [-0.25, -0.2) is 0 Å². The molecule has 0 radical (unpaired) electrons. The summed E-state index contributed by atoms with van der Waals surface area (Å²) in [4.78, 5) is 0. The summed E-state index contributed by atoms with van der Waals surface area (Å²) in [5.74, 6) is 0.770. The van der Waals surface area contributed by atoms with E-state index in [-0.39, 0.29) is 0 Å². The molecule has 0 saturated carbocycles. The lowest BCUT2D eigenvalue weighted by Gasteiger charge is -2.28. The second-order valence-electron chi connectivity index (χ2n) is 2.82. The molecular formula is C7H16N2. The van der Waals surface area contributed by atoms with E-state index in [1.54, 1.807) is 0 Å². The highest BCUT2D eigenvalue weighted by atomic mass is 14.9. The van der Waals surface area contributed by atoms with E-state index in [0.717, 1.165) is 19.0 Å². The van der Waals surface area contributed by atoms with Crippen molar-refractivity contribution in [2.24, 2.45) is 11.7 Å². The Hall–Kier alpha value is -0.0800. The van der Waals surface area contributed by atoms with Gasteiger partial charge in [0.05, 0.1) is 0 Å². The molecule has 1 saturated heterocycles. The molecule has 3 N–H and O–H groups in total. The van der Waals surface area contributed by atoms with Crippen LogP contribution in [0.4, 0.5) is 0 Å². The first-order chi connectivity index (χ1) is 4.34. The molecule has 1 heterocycles. The fourth-order valence-electron chi connectivity index (χ4n) is 1.44. The van der Waals surface area contributed by atoms with Crippen LogP contribution in [0.3, 0.4) is 0 Å². The summed E-state index contributed by atoms with van der Waals surface area (Å²) in [7, 11) is 0. The molecular weight excluding hydrogens is 112 g/mol. The molecule has 0 aliphatic carbocycles. The van der Waals surface area contributed by atoms with E-state index in [4.69, 9.17) is 5.73 Å². The average Bonchev–Trinajstić information content (AvgIpc) is 1.89. The Morgan fingerprint density at radius 2 is 2.44 bits per heavy atom. The molecule has 1 fully saturated rings. The minimum Gasteiger partial charge on any atom is -0.326 e. The summed E-state index contributed by atoms with van der Waals surface area (Å²) in [5.41, 5.74) is 5.83. The zero-order valence-corrected chi connectivity index (χ0v) is 6.06. The zero-order chi connectivity index (χ0) is 6.69. The molecule has 2 nitrogen and oxygen atoms in total. The van der Waals surface area contributed by atoms with Gasteiger partial charge in [0, 0.05) is 12.6 Å². The van der Waals surface area contributed by atoms with Gasteiger partial charge in [0.25, 0.3) is 0 Å². The molecule has 54 valence electrons. The van der Waals surface area contributed by atoms with Crippen molar-refractivity contribution in [3.05, 3.63) is 0 Å². The van der Waals surface area contributed by atoms with Gasteiger partial charge < -0.3 is 11.1 Å². The summed E-state index contributed by atoms with van der Waals surface area (Å²) >= 11 is 0. The van der Waals surface area contributed by atoms with Crippen LogP contribution in [0.15, 0.2) is 0 Å². The Kier molecular flexibility index (Phi) is 2.49. The second-order valence-corrected chi connectivity index (χ2v) is 2.82. The number of hydrogen-bond donors (Lipinski definition) is 2.